The Hall–Kier alpha value is -3.89. The summed E-state index contributed by atoms with van der Waals surface area (Å²) in [5.74, 6) is 1.02. The van der Waals surface area contributed by atoms with Gasteiger partial charge in [0.25, 0.3) is 0 Å². The second-order valence-corrected chi connectivity index (χ2v) is 8.81. The van der Waals surface area contributed by atoms with E-state index >= 15 is 0 Å². The average Bonchev–Trinajstić information content (AvgIpc) is 3.46. The number of esters is 1. The molecule has 1 atom stereocenters. The van der Waals surface area contributed by atoms with E-state index in [2.05, 4.69) is 34.0 Å². The van der Waals surface area contributed by atoms with E-state index in [1.807, 2.05) is 12.1 Å². The SMILES string of the molecule is CCOC(=O)c1[nH]c2cc3c(cc2c1-c1cccnc1OC)CC(C)C3.COc1ncccc1B(O)O. The van der Waals surface area contributed by atoms with E-state index in [1.54, 1.807) is 26.3 Å². The van der Waals surface area contributed by atoms with Crippen LogP contribution in [0.5, 0.6) is 11.8 Å². The van der Waals surface area contributed by atoms with Gasteiger partial charge in [0.05, 0.1) is 20.8 Å². The van der Waals surface area contributed by atoms with E-state index in [-0.39, 0.29) is 17.3 Å². The van der Waals surface area contributed by atoms with E-state index in [4.69, 9.17) is 24.3 Å². The minimum atomic E-state index is -1.53. The van der Waals surface area contributed by atoms with Gasteiger partial charge in [0.2, 0.25) is 11.8 Å². The fourth-order valence-corrected chi connectivity index (χ4v) is 4.68. The van der Waals surface area contributed by atoms with Crippen LogP contribution in [-0.2, 0) is 17.6 Å². The van der Waals surface area contributed by atoms with Crippen molar-refractivity contribution < 1.29 is 29.1 Å². The van der Waals surface area contributed by atoms with Gasteiger partial charge in [-0.15, -0.1) is 0 Å². The molecule has 0 radical (unpaired) electrons. The predicted molar refractivity (Wildman–Crippen MR) is 141 cm³/mol. The van der Waals surface area contributed by atoms with Crippen LogP contribution in [0.4, 0.5) is 0 Å². The quantitative estimate of drug-likeness (QED) is 0.271. The number of hydrogen-bond donors (Lipinski definition) is 3. The molecule has 0 saturated heterocycles. The summed E-state index contributed by atoms with van der Waals surface area (Å²) in [5.41, 5.74) is 5.96. The Labute approximate surface area is 215 Å². The van der Waals surface area contributed by atoms with Gasteiger partial charge in [0, 0.05) is 39.9 Å². The summed E-state index contributed by atoms with van der Waals surface area (Å²) in [5, 5.41) is 18.5. The highest BCUT2D eigenvalue weighted by Crippen LogP contribution is 2.40. The minimum absolute atomic E-state index is 0.238. The van der Waals surface area contributed by atoms with Crippen molar-refractivity contribution >= 4 is 29.5 Å². The lowest BCUT2D eigenvalue weighted by Crippen LogP contribution is -2.31. The molecule has 1 unspecified atom stereocenters. The van der Waals surface area contributed by atoms with Crippen molar-refractivity contribution in [1.29, 1.82) is 0 Å². The molecular weight excluding hydrogens is 473 g/mol. The molecule has 0 saturated carbocycles. The van der Waals surface area contributed by atoms with Crippen LogP contribution in [0.2, 0.25) is 0 Å². The van der Waals surface area contributed by atoms with Gasteiger partial charge >= 0.3 is 13.1 Å². The Morgan fingerprint density at radius 1 is 1.05 bits per heavy atom. The predicted octanol–water partition coefficient (Wildman–Crippen LogP) is 2.92. The van der Waals surface area contributed by atoms with Crippen LogP contribution in [0.25, 0.3) is 22.0 Å². The topological polar surface area (TPSA) is 127 Å². The fraction of sp³-hybridized carbons (Fsp3) is 0.296. The maximum Gasteiger partial charge on any atom is 0.493 e. The summed E-state index contributed by atoms with van der Waals surface area (Å²) in [7, 11) is 1.48. The van der Waals surface area contributed by atoms with Gasteiger partial charge in [-0.2, -0.15) is 0 Å². The molecule has 1 aliphatic carbocycles. The van der Waals surface area contributed by atoms with E-state index in [1.165, 1.54) is 30.5 Å². The summed E-state index contributed by atoms with van der Waals surface area (Å²) in [4.78, 5) is 24.0. The van der Waals surface area contributed by atoms with Gasteiger partial charge in [0.15, 0.2) is 0 Å². The van der Waals surface area contributed by atoms with Crippen molar-refractivity contribution in [2.45, 2.75) is 26.7 Å². The summed E-state index contributed by atoms with van der Waals surface area (Å²) in [6.07, 6.45) is 5.34. The number of methoxy groups -OCH3 is 2. The van der Waals surface area contributed by atoms with E-state index in [9.17, 15) is 4.79 Å². The van der Waals surface area contributed by atoms with Gasteiger partial charge < -0.3 is 29.2 Å². The van der Waals surface area contributed by atoms with Crippen LogP contribution in [0.3, 0.4) is 0 Å². The Kier molecular flexibility index (Phi) is 8.10. The number of carbonyl (C=O) groups excluding carboxylic acids is 1. The number of fused-ring (bicyclic) bond motifs is 2. The van der Waals surface area contributed by atoms with Crippen molar-refractivity contribution in [2.75, 3.05) is 20.8 Å². The molecule has 1 aliphatic rings. The first-order chi connectivity index (χ1) is 17.9. The molecular formula is C27H30BN3O6. The average molecular weight is 503 g/mol. The summed E-state index contributed by atoms with van der Waals surface area (Å²) in [6.45, 7) is 4.40. The maximum absolute atomic E-state index is 12.6. The molecule has 0 spiro atoms. The Morgan fingerprint density at radius 2 is 1.70 bits per heavy atom. The number of rotatable bonds is 6. The van der Waals surface area contributed by atoms with Crippen molar-refractivity contribution in [3.05, 3.63) is 65.6 Å². The lowest BCUT2D eigenvalue weighted by molar-refractivity contribution is 0.0521. The van der Waals surface area contributed by atoms with Crippen LogP contribution in [0.1, 0.15) is 35.5 Å². The second-order valence-electron chi connectivity index (χ2n) is 8.81. The molecule has 4 aromatic rings. The number of nitrogens with zero attached hydrogens (tertiary/aromatic N) is 2. The Balaban J connectivity index is 0.000000245. The molecule has 5 rings (SSSR count). The summed E-state index contributed by atoms with van der Waals surface area (Å²) >= 11 is 0. The summed E-state index contributed by atoms with van der Waals surface area (Å²) < 4.78 is 15.5. The van der Waals surface area contributed by atoms with Gasteiger partial charge in [-0.25, -0.2) is 14.8 Å². The zero-order chi connectivity index (χ0) is 26.5. The molecule has 3 aromatic heterocycles. The number of ether oxygens (including phenoxy) is 3. The molecule has 1 aromatic carbocycles. The molecule has 0 amide bonds. The van der Waals surface area contributed by atoms with E-state index in [0.717, 1.165) is 34.9 Å². The van der Waals surface area contributed by atoms with Crippen LogP contribution in [0, 0.1) is 5.92 Å². The number of benzene rings is 1. The smallest absolute Gasteiger partial charge is 0.481 e. The highest BCUT2D eigenvalue weighted by molar-refractivity contribution is 6.59. The van der Waals surface area contributed by atoms with Crippen LogP contribution in [-0.4, -0.2) is 58.9 Å². The molecule has 3 N–H and O–H groups in total. The standard InChI is InChI=1S/C21H22N2O3.C6H8BNO3/c1-4-26-21(24)19-18(15-6-5-7-22-20(15)25-3)16-10-13-8-12(2)9-14(13)11-17(16)23-19;1-11-6-5(7(9)10)3-2-4-8-6/h5-7,10-12,23H,4,8-9H2,1-3H3;2-4,9-10H,1H3. The third-order valence-electron chi connectivity index (χ3n) is 6.24. The Bertz CT molecular complexity index is 1400. The van der Waals surface area contributed by atoms with Gasteiger partial charge in [0.1, 0.15) is 5.69 Å². The Morgan fingerprint density at radius 3 is 2.32 bits per heavy atom. The van der Waals surface area contributed by atoms with Gasteiger partial charge in [-0.05, 0) is 67.1 Å². The van der Waals surface area contributed by atoms with E-state index < -0.39 is 7.12 Å². The van der Waals surface area contributed by atoms with Crippen molar-refractivity contribution in [1.82, 2.24) is 15.0 Å². The minimum Gasteiger partial charge on any atom is -0.481 e. The molecule has 10 heteroatoms. The lowest BCUT2D eigenvalue weighted by atomic mass is 9.81. The fourth-order valence-electron chi connectivity index (χ4n) is 4.68. The third-order valence-corrected chi connectivity index (χ3v) is 6.24. The van der Waals surface area contributed by atoms with Crippen LogP contribution < -0.4 is 14.9 Å². The van der Waals surface area contributed by atoms with Gasteiger partial charge in [-0.3, -0.25) is 0 Å². The summed E-state index contributed by atoms with van der Waals surface area (Å²) in [6, 6.07) is 11.3. The monoisotopic (exact) mass is 503 g/mol. The zero-order valence-corrected chi connectivity index (χ0v) is 21.3. The lowest BCUT2D eigenvalue weighted by Gasteiger charge is -2.09. The van der Waals surface area contributed by atoms with E-state index in [0.29, 0.717) is 24.1 Å². The van der Waals surface area contributed by atoms with Crippen LogP contribution in [0.15, 0.2) is 48.8 Å². The normalized spacial score (nSPS) is 13.9. The van der Waals surface area contributed by atoms with Gasteiger partial charge in [-0.1, -0.05) is 13.0 Å². The molecule has 192 valence electrons. The highest BCUT2D eigenvalue weighted by Gasteiger charge is 2.26. The number of aromatic amines is 1. The number of nitrogens with one attached hydrogen (secondary N) is 1. The highest BCUT2D eigenvalue weighted by atomic mass is 16.5. The zero-order valence-electron chi connectivity index (χ0n) is 21.3. The molecule has 37 heavy (non-hydrogen) atoms. The third kappa shape index (κ3) is 5.45. The first kappa shape index (κ1) is 26.2. The van der Waals surface area contributed by atoms with Crippen molar-refractivity contribution in [2.24, 2.45) is 5.92 Å². The van der Waals surface area contributed by atoms with Crippen molar-refractivity contribution in [3.63, 3.8) is 0 Å². The second kappa shape index (κ2) is 11.4. The molecule has 0 aliphatic heterocycles. The first-order valence-electron chi connectivity index (χ1n) is 12.1. The largest absolute Gasteiger partial charge is 0.493 e. The molecule has 9 nitrogen and oxygen atoms in total. The number of pyridine rings is 2. The van der Waals surface area contributed by atoms with Crippen molar-refractivity contribution in [3.8, 4) is 22.9 Å². The number of H-pyrrole nitrogens is 1. The number of hydrogen-bond acceptors (Lipinski definition) is 8. The maximum atomic E-state index is 12.6. The first-order valence-corrected chi connectivity index (χ1v) is 12.1. The number of aromatic nitrogens is 3. The molecule has 0 fully saturated rings. The van der Waals surface area contributed by atoms with Crippen LogP contribution >= 0.6 is 0 Å². The molecule has 0 bridgehead atoms. The number of carbonyl (C=O) groups is 1. The molecule has 3 heterocycles.